The number of phenols is 1. The van der Waals surface area contributed by atoms with Gasteiger partial charge in [-0.2, -0.15) is 0 Å². The van der Waals surface area contributed by atoms with Gasteiger partial charge in [0.15, 0.2) is 0 Å². The summed E-state index contributed by atoms with van der Waals surface area (Å²) in [5.41, 5.74) is 4.75. The van der Waals surface area contributed by atoms with Crippen molar-refractivity contribution in [2.24, 2.45) is 12.8 Å². The molecule has 14 heteroatoms. The Morgan fingerprint density at radius 1 is 1.23 bits per heavy atom. The van der Waals surface area contributed by atoms with Gasteiger partial charge in [-0.1, -0.05) is 11.6 Å². The summed E-state index contributed by atoms with van der Waals surface area (Å²) in [5.74, 6) is -2.27. The fourth-order valence-corrected chi connectivity index (χ4v) is 4.74. The molecule has 0 radical (unpaired) electrons. The zero-order valence-corrected chi connectivity index (χ0v) is 22.3. The third kappa shape index (κ3) is 4.84. The number of nitrogens with zero attached hydrogens (tertiary/aromatic N) is 5. The van der Waals surface area contributed by atoms with Crippen LogP contribution in [0.2, 0.25) is 5.02 Å². The van der Waals surface area contributed by atoms with Crippen LogP contribution in [0.15, 0.2) is 35.6 Å². The zero-order valence-electron chi connectivity index (χ0n) is 21.6. The number of ether oxygens (including phenoxy) is 1. The molecular formula is C26H25ClFN7O5. The Bertz CT molecular complexity index is 1730. The van der Waals surface area contributed by atoms with E-state index in [-0.39, 0.29) is 44.9 Å². The van der Waals surface area contributed by atoms with Gasteiger partial charge in [-0.05, 0) is 13.0 Å². The number of pyridine rings is 1. The highest BCUT2D eigenvalue weighted by atomic mass is 35.5. The molecule has 1 saturated heterocycles. The molecule has 0 unspecified atom stereocenters. The smallest absolute Gasteiger partial charge is 0.263 e. The molecule has 3 aromatic heterocycles. The van der Waals surface area contributed by atoms with Crippen LogP contribution in [0.5, 0.6) is 5.75 Å². The van der Waals surface area contributed by atoms with E-state index in [1.54, 1.807) is 6.07 Å². The minimum absolute atomic E-state index is 0.0220. The van der Waals surface area contributed by atoms with Crippen LogP contribution in [0, 0.1) is 12.7 Å². The first-order valence-corrected chi connectivity index (χ1v) is 12.6. The van der Waals surface area contributed by atoms with E-state index in [9.17, 15) is 19.5 Å². The SMILES string of the molecule is Cc1c(O)c(C(N)=O)cc(-c2cn(CC(=O)Nc3cc(N4CCOCC4)ncc3Cl)c3ncn(C)c(=O)c23)c1F. The van der Waals surface area contributed by atoms with Crippen molar-refractivity contribution in [3.63, 3.8) is 0 Å². The Morgan fingerprint density at radius 3 is 2.65 bits per heavy atom. The molecule has 0 bridgehead atoms. The Balaban J connectivity index is 1.54. The van der Waals surface area contributed by atoms with Gasteiger partial charge >= 0.3 is 0 Å². The van der Waals surface area contributed by atoms with Gasteiger partial charge < -0.3 is 34.9 Å². The number of hydrogen-bond acceptors (Lipinski definition) is 8. The summed E-state index contributed by atoms with van der Waals surface area (Å²) in [6.45, 7) is 3.39. The summed E-state index contributed by atoms with van der Waals surface area (Å²) in [5, 5.41) is 13.2. The van der Waals surface area contributed by atoms with Crippen LogP contribution in [0.1, 0.15) is 15.9 Å². The topological polar surface area (TPSA) is 158 Å². The predicted octanol–water partition coefficient (Wildman–Crippen LogP) is 2.18. The van der Waals surface area contributed by atoms with Gasteiger partial charge in [0.2, 0.25) is 5.91 Å². The van der Waals surface area contributed by atoms with Crippen molar-refractivity contribution in [2.75, 3.05) is 36.5 Å². The summed E-state index contributed by atoms with van der Waals surface area (Å²) < 4.78 is 23.4. The number of benzene rings is 1. The van der Waals surface area contributed by atoms with Gasteiger partial charge in [-0.25, -0.2) is 14.4 Å². The summed E-state index contributed by atoms with van der Waals surface area (Å²) in [4.78, 5) is 48.8. The molecule has 0 atom stereocenters. The van der Waals surface area contributed by atoms with Crippen LogP contribution in [0.3, 0.4) is 0 Å². The molecule has 1 aliphatic rings. The molecule has 5 rings (SSSR count). The van der Waals surface area contributed by atoms with E-state index in [0.717, 1.165) is 6.07 Å². The van der Waals surface area contributed by atoms with E-state index in [4.69, 9.17) is 22.1 Å². The van der Waals surface area contributed by atoms with Crippen molar-refractivity contribution in [1.82, 2.24) is 19.1 Å². The number of nitrogens with two attached hydrogens (primary N) is 1. The third-order valence-electron chi connectivity index (χ3n) is 6.72. The quantitative estimate of drug-likeness (QED) is 0.319. The number of nitrogens with one attached hydrogen (secondary N) is 1. The minimum Gasteiger partial charge on any atom is -0.507 e. The lowest BCUT2D eigenvalue weighted by Crippen LogP contribution is -2.36. The standard InChI is InChI=1S/C26H25ClFN7O5/c1-13-22(28)14(7-15(23(13)37)24(29)38)16-10-35(25-21(16)26(39)33(2)12-31-25)11-20(36)32-18-8-19(30-9-17(18)27)34-3-5-40-6-4-34/h7-10,12,37H,3-6,11H2,1-2H3,(H2,29,38)(H,30,32,36). The van der Waals surface area contributed by atoms with Gasteiger partial charge in [0, 0.05) is 49.1 Å². The molecule has 4 N–H and O–H groups in total. The lowest BCUT2D eigenvalue weighted by atomic mass is 9.98. The number of carbonyl (C=O) groups is 2. The number of anilines is 2. The van der Waals surface area contributed by atoms with Gasteiger partial charge in [-0.15, -0.1) is 0 Å². The van der Waals surface area contributed by atoms with E-state index in [1.165, 1.54) is 41.8 Å². The highest BCUT2D eigenvalue weighted by Crippen LogP contribution is 2.36. The van der Waals surface area contributed by atoms with Crippen molar-refractivity contribution in [3.05, 3.63) is 63.2 Å². The third-order valence-corrected chi connectivity index (χ3v) is 7.02. The number of aryl methyl sites for hydroxylation is 1. The monoisotopic (exact) mass is 569 g/mol. The molecule has 1 aliphatic heterocycles. The second-order valence-corrected chi connectivity index (χ2v) is 9.73. The Labute approximate surface area is 231 Å². The van der Waals surface area contributed by atoms with Crippen LogP contribution in [-0.2, 0) is 23.1 Å². The number of fused-ring (bicyclic) bond motifs is 1. The zero-order chi connectivity index (χ0) is 28.7. The van der Waals surface area contributed by atoms with Gasteiger partial charge in [0.1, 0.15) is 29.6 Å². The van der Waals surface area contributed by atoms with Crippen LogP contribution in [0.4, 0.5) is 15.9 Å². The summed E-state index contributed by atoms with van der Waals surface area (Å²) in [7, 11) is 1.48. The molecule has 1 aromatic carbocycles. The first-order chi connectivity index (χ1) is 19.1. The average molecular weight is 570 g/mol. The van der Waals surface area contributed by atoms with Gasteiger partial charge in [0.25, 0.3) is 11.5 Å². The first-order valence-electron chi connectivity index (χ1n) is 12.2. The van der Waals surface area contributed by atoms with Gasteiger partial charge in [0.05, 0.1) is 47.4 Å². The number of carbonyl (C=O) groups excluding carboxylic acids is 2. The van der Waals surface area contributed by atoms with E-state index < -0.39 is 28.9 Å². The fourth-order valence-electron chi connectivity index (χ4n) is 4.59. The number of aromatic hydroxyl groups is 1. The van der Waals surface area contributed by atoms with Crippen LogP contribution >= 0.6 is 11.6 Å². The van der Waals surface area contributed by atoms with Crippen molar-refractivity contribution in [3.8, 4) is 16.9 Å². The number of morpholine rings is 1. The number of aromatic nitrogens is 4. The normalized spacial score (nSPS) is 13.6. The number of halogens is 2. The molecular weight excluding hydrogens is 545 g/mol. The molecule has 0 spiro atoms. The summed E-state index contributed by atoms with van der Waals surface area (Å²) >= 11 is 6.30. The molecule has 40 heavy (non-hydrogen) atoms. The maximum absolute atomic E-state index is 15.4. The first kappa shape index (κ1) is 27.1. The molecule has 4 aromatic rings. The maximum Gasteiger partial charge on any atom is 0.263 e. The van der Waals surface area contributed by atoms with Crippen molar-refractivity contribution in [2.45, 2.75) is 13.5 Å². The lowest BCUT2D eigenvalue weighted by Gasteiger charge is -2.28. The molecule has 208 valence electrons. The number of primary amides is 1. The summed E-state index contributed by atoms with van der Waals surface area (Å²) in [6, 6.07) is 2.74. The van der Waals surface area contributed by atoms with Gasteiger partial charge in [-0.3, -0.25) is 14.4 Å². The average Bonchev–Trinajstić information content (AvgIpc) is 3.29. The summed E-state index contributed by atoms with van der Waals surface area (Å²) in [6.07, 6.45) is 4.12. The highest BCUT2D eigenvalue weighted by Gasteiger charge is 2.24. The van der Waals surface area contributed by atoms with E-state index >= 15 is 4.39 Å². The van der Waals surface area contributed by atoms with Crippen LogP contribution in [0.25, 0.3) is 22.2 Å². The lowest BCUT2D eigenvalue weighted by molar-refractivity contribution is -0.116. The number of rotatable bonds is 6. The van der Waals surface area contributed by atoms with Crippen LogP contribution < -0.4 is 21.5 Å². The molecule has 0 aliphatic carbocycles. The van der Waals surface area contributed by atoms with Crippen molar-refractivity contribution < 1.29 is 23.8 Å². The highest BCUT2D eigenvalue weighted by molar-refractivity contribution is 6.33. The van der Waals surface area contributed by atoms with Crippen LogP contribution in [-0.4, -0.2) is 62.3 Å². The molecule has 4 heterocycles. The maximum atomic E-state index is 15.4. The molecule has 12 nitrogen and oxygen atoms in total. The van der Waals surface area contributed by atoms with E-state index in [2.05, 4.69) is 15.3 Å². The molecule has 2 amide bonds. The van der Waals surface area contributed by atoms with E-state index in [0.29, 0.717) is 37.8 Å². The number of hydrogen-bond donors (Lipinski definition) is 3. The Morgan fingerprint density at radius 2 is 1.95 bits per heavy atom. The Hall–Kier alpha value is -4.49. The second-order valence-electron chi connectivity index (χ2n) is 9.32. The number of amides is 2. The predicted molar refractivity (Wildman–Crippen MR) is 146 cm³/mol. The molecule has 1 fully saturated rings. The van der Waals surface area contributed by atoms with Crippen molar-refractivity contribution in [1.29, 1.82) is 0 Å². The van der Waals surface area contributed by atoms with Crippen molar-refractivity contribution >= 4 is 46.0 Å². The second kappa shape index (κ2) is 10.6. The Kier molecular flexibility index (Phi) is 7.17. The van der Waals surface area contributed by atoms with E-state index in [1.807, 2.05) is 4.90 Å². The largest absolute Gasteiger partial charge is 0.507 e. The molecule has 0 saturated carbocycles. The minimum atomic E-state index is -0.971. The fraction of sp³-hybridized carbons (Fsp3) is 0.269.